The number of fused-ring (bicyclic) bond motifs is 1. The Balaban J connectivity index is 1.62. The Hall–Kier alpha value is -3.28. The molecule has 0 N–H and O–H groups in total. The summed E-state index contributed by atoms with van der Waals surface area (Å²) in [6.45, 7) is 0.201. The van der Waals surface area contributed by atoms with E-state index in [1.165, 1.54) is 37.5 Å². The molecule has 0 amide bonds. The van der Waals surface area contributed by atoms with Crippen LogP contribution in [0.15, 0.2) is 48.5 Å². The summed E-state index contributed by atoms with van der Waals surface area (Å²) in [5, 5.41) is 0. The third-order valence-electron chi connectivity index (χ3n) is 3.30. The minimum Gasteiger partial charge on any atom is -0.465 e. The maximum absolute atomic E-state index is 11.8. The minimum absolute atomic E-state index is 0.201. The molecule has 0 bridgehead atoms. The van der Waals surface area contributed by atoms with Gasteiger partial charge >= 0.3 is 11.9 Å². The van der Waals surface area contributed by atoms with E-state index < -0.39 is 11.9 Å². The molecule has 0 spiro atoms. The summed E-state index contributed by atoms with van der Waals surface area (Å²) in [6.07, 6.45) is 2.93. The molecule has 122 valence electrons. The Labute approximate surface area is 138 Å². The standard InChI is InChI=1S/C18H14O6/c1-21-18(20)13-4-6-14(7-5-13)24-17(19)9-3-12-2-8-15-16(10-12)23-11-22-15/h2-10H,11H2,1H3. The molecule has 2 aromatic carbocycles. The zero-order chi connectivity index (χ0) is 16.9. The van der Waals surface area contributed by atoms with Crippen molar-refractivity contribution in [3.05, 3.63) is 59.7 Å². The van der Waals surface area contributed by atoms with E-state index in [1.54, 1.807) is 18.2 Å². The first kappa shape index (κ1) is 15.6. The van der Waals surface area contributed by atoms with Gasteiger partial charge in [-0.15, -0.1) is 0 Å². The average molecular weight is 326 g/mol. The van der Waals surface area contributed by atoms with E-state index >= 15 is 0 Å². The minimum atomic E-state index is -0.529. The fourth-order valence-corrected chi connectivity index (χ4v) is 2.11. The Morgan fingerprint density at radius 3 is 2.54 bits per heavy atom. The molecule has 3 rings (SSSR count). The summed E-state index contributed by atoms with van der Waals surface area (Å²) in [5.41, 5.74) is 1.17. The van der Waals surface area contributed by atoms with Crippen LogP contribution in [0.4, 0.5) is 0 Å². The van der Waals surface area contributed by atoms with E-state index in [2.05, 4.69) is 4.74 Å². The third kappa shape index (κ3) is 3.55. The summed E-state index contributed by atoms with van der Waals surface area (Å²) in [5.74, 6) is 0.682. The Kier molecular flexibility index (Phi) is 4.47. The van der Waals surface area contributed by atoms with Gasteiger partial charge < -0.3 is 18.9 Å². The smallest absolute Gasteiger partial charge is 0.337 e. The number of hydrogen-bond donors (Lipinski definition) is 0. The second-order valence-corrected chi connectivity index (χ2v) is 4.88. The van der Waals surface area contributed by atoms with Gasteiger partial charge in [-0.3, -0.25) is 0 Å². The predicted molar refractivity (Wildman–Crippen MR) is 85.0 cm³/mol. The van der Waals surface area contributed by atoms with Crippen molar-refractivity contribution in [1.82, 2.24) is 0 Å². The SMILES string of the molecule is COC(=O)c1ccc(OC(=O)C=Cc2ccc3c(c2)OCO3)cc1. The van der Waals surface area contributed by atoms with Gasteiger partial charge in [0.15, 0.2) is 11.5 Å². The molecule has 0 fully saturated rings. The largest absolute Gasteiger partial charge is 0.465 e. The highest BCUT2D eigenvalue weighted by Crippen LogP contribution is 2.32. The third-order valence-corrected chi connectivity index (χ3v) is 3.30. The topological polar surface area (TPSA) is 71.1 Å². The number of methoxy groups -OCH3 is 1. The molecular weight excluding hydrogens is 312 g/mol. The summed E-state index contributed by atoms with van der Waals surface area (Å²) >= 11 is 0. The lowest BCUT2D eigenvalue weighted by atomic mass is 10.2. The molecule has 0 aromatic heterocycles. The Bertz CT molecular complexity index is 792. The number of benzene rings is 2. The summed E-state index contributed by atoms with van der Waals surface area (Å²) in [6, 6.07) is 11.5. The van der Waals surface area contributed by atoms with Gasteiger partial charge in [-0.1, -0.05) is 6.07 Å². The Morgan fingerprint density at radius 1 is 1.04 bits per heavy atom. The molecule has 0 unspecified atom stereocenters. The van der Waals surface area contributed by atoms with Crippen molar-refractivity contribution in [1.29, 1.82) is 0 Å². The number of ether oxygens (including phenoxy) is 4. The van der Waals surface area contributed by atoms with E-state index in [-0.39, 0.29) is 6.79 Å². The highest BCUT2D eigenvalue weighted by atomic mass is 16.7. The normalized spacial score (nSPS) is 12.2. The molecule has 0 saturated carbocycles. The van der Waals surface area contributed by atoms with Crippen molar-refractivity contribution in [2.45, 2.75) is 0 Å². The van der Waals surface area contributed by atoms with Gasteiger partial charge in [0.2, 0.25) is 6.79 Å². The molecule has 1 aliphatic rings. The molecule has 0 saturated heterocycles. The summed E-state index contributed by atoms with van der Waals surface area (Å²) in [4.78, 5) is 23.2. The van der Waals surface area contributed by atoms with Crippen LogP contribution in [0.1, 0.15) is 15.9 Å². The van der Waals surface area contributed by atoms with Crippen LogP contribution in [0.3, 0.4) is 0 Å². The van der Waals surface area contributed by atoms with Gasteiger partial charge in [-0.05, 0) is 48.0 Å². The van der Waals surface area contributed by atoms with Crippen LogP contribution in [0.5, 0.6) is 17.2 Å². The van der Waals surface area contributed by atoms with Crippen LogP contribution in [0.25, 0.3) is 6.08 Å². The van der Waals surface area contributed by atoms with Crippen LogP contribution in [0, 0.1) is 0 Å². The second-order valence-electron chi connectivity index (χ2n) is 4.88. The molecule has 1 heterocycles. The monoisotopic (exact) mass is 326 g/mol. The zero-order valence-electron chi connectivity index (χ0n) is 12.9. The highest BCUT2D eigenvalue weighted by molar-refractivity contribution is 5.90. The number of carbonyl (C=O) groups is 2. The number of hydrogen-bond acceptors (Lipinski definition) is 6. The first-order valence-electron chi connectivity index (χ1n) is 7.13. The lowest BCUT2D eigenvalue weighted by Gasteiger charge is -2.03. The van der Waals surface area contributed by atoms with Gasteiger partial charge in [0, 0.05) is 6.08 Å². The lowest BCUT2D eigenvalue weighted by molar-refractivity contribution is -0.128. The molecular formula is C18H14O6. The number of rotatable bonds is 4. The summed E-state index contributed by atoms with van der Waals surface area (Å²) < 4.78 is 20.3. The zero-order valence-corrected chi connectivity index (χ0v) is 12.9. The maximum Gasteiger partial charge on any atom is 0.337 e. The molecule has 6 heteroatoms. The van der Waals surface area contributed by atoms with E-state index in [0.29, 0.717) is 22.8 Å². The van der Waals surface area contributed by atoms with Crippen LogP contribution in [-0.4, -0.2) is 25.8 Å². The lowest BCUT2D eigenvalue weighted by Crippen LogP contribution is -2.05. The van der Waals surface area contributed by atoms with Crippen molar-refractivity contribution in [3.8, 4) is 17.2 Å². The second kappa shape index (κ2) is 6.87. The van der Waals surface area contributed by atoms with E-state index in [4.69, 9.17) is 14.2 Å². The van der Waals surface area contributed by atoms with Gasteiger partial charge in [0.25, 0.3) is 0 Å². The van der Waals surface area contributed by atoms with Crippen molar-refractivity contribution in [2.75, 3.05) is 13.9 Å². The molecule has 2 aromatic rings. The fourth-order valence-electron chi connectivity index (χ4n) is 2.11. The highest BCUT2D eigenvalue weighted by Gasteiger charge is 2.12. The van der Waals surface area contributed by atoms with Crippen LogP contribution >= 0.6 is 0 Å². The van der Waals surface area contributed by atoms with Crippen molar-refractivity contribution < 1.29 is 28.5 Å². The number of carbonyl (C=O) groups excluding carboxylic acids is 2. The number of esters is 2. The van der Waals surface area contributed by atoms with E-state index in [0.717, 1.165) is 5.56 Å². The van der Waals surface area contributed by atoms with Crippen LogP contribution in [0.2, 0.25) is 0 Å². The van der Waals surface area contributed by atoms with Crippen molar-refractivity contribution >= 4 is 18.0 Å². The van der Waals surface area contributed by atoms with Gasteiger partial charge in [-0.2, -0.15) is 0 Å². The quantitative estimate of drug-likeness (QED) is 0.489. The fraction of sp³-hybridized carbons (Fsp3) is 0.111. The van der Waals surface area contributed by atoms with Crippen LogP contribution in [-0.2, 0) is 9.53 Å². The maximum atomic E-state index is 11.8. The summed E-state index contributed by atoms with van der Waals surface area (Å²) in [7, 11) is 1.30. The van der Waals surface area contributed by atoms with Gasteiger partial charge in [-0.25, -0.2) is 9.59 Å². The first-order chi connectivity index (χ1) is 11.7. The average Bonchev–Trinajstić information content (AvgIpc) is 3.07. The van der Waals surface area contributed by atoms with Crippen molar-refractivity contribution in [3.63, 3.8) is 0 Å². The predicted octanol–water partition coefficient (Wildman–Crippen LogP) is 2.82. The molecule has 0 radical (unpaired) electrons. The van der Waals surface area contributed by atoms with E-state index in [9.17, 15) is 9.59 Å². The van der Waals surface area contributed by atoms with E-state index in [1.807, 2.05) is 6.07 Å². The molecule has 24 heavy (non-hydrogen) atoms. The first-order valence-corrected chi connectivity index (χ1v) is 7.13. The Morgan fingerprint density at radius 2 is 1.79 bits per heavy atom. The molecule has 6 nitrogen and oxygen atoms in total. The van der Waals surface area contributed by atoms with Gasteiger partial charge in [0.05, 0.1) is 12.7 Å². The van der Waals surface area contributed by atoms with Gasteiger partial charge in [0.1, 0.15) is 5.75 Å². The molecule has 0 atom stereocenters. The van der Waals surface area contributed by atoms with Crippen LogP contribution < -0.4 is 14.2 Å². The molecule has 1 aliphatic heterocycles. The van der Waals surface area contributed by atoms with Crippen molar-refractivity contribution in [2.24, 2.45) is 0 Å². The molecule has 0 aliphatic carbocycles.